The molecule has 0 radical (unpaired) electrons. The second-order valence-corrected chi connectivity index (χ2v) is 6.69. The van der Waals surface area contributed by atoms with E-state index in [1.165, 1.54) is 44.9 Å². The van der Waals surface area contributed by atoms with Crippen molar-refractivity contribution in [3.8, 4) is 0 Å². The Morgan fingerprint density at radius 3 is 1.00 bits per heavy atom. The van der Waals surface area contributed by atoms with Gasteiger partial charge >= 0.3 is 29.6 Å². The van der Waals surface area contributed by atoms with E-state index in [-0.39, 0.29) is 49.4 Å². The van der Waals surface area contributed by atoms with Crippen LogP contribution >= 0.6 is 0 Å². The van der Waals surface area contributed by atoms with Crippen molar-refractivity contribution >= 4 is 10.4 Å². The van der Waals surface area contributed by atoms with Crippen LogP contribution in [0, 0.1) is 0 Å². The Morgan fingerprint density at radius 2 is 0.821 bits per heavy atom. The summed E-state index contributed by atoms with van der Waals surface area (Å²) in [6, 6.07) is 0. The van der Waals surface area contributed by atoms with E-state index in [1.54, 1.807) is 0 Å². The fourth-order valence-electron chi connectivity index (χ4n) is 1.95. The van der Waals surface area contributed by atoms with Gasteiger partial charge in [-0.3, -0.25) is 4.18 Å². The summed E-state index contributed by atoms with van der Waals surface area (Å²) in [7, 11) is -4.48. The summed E-state index contributed by atoms with van der Waals surface area (Å²) in [5.41, 5.74) is 0. The van der Waals surface area contributed by atoms with Crippen molar-refractivity contribution in [2.45, 2.75) is 85.0 Å². The third-order valence-electron chi connectivity index (χ3n) is 3.23. The topological polar surface area (TPSA) is 116 Å². The SMILES string of the molecule is C=C.C=C.C=C.C=C.C=C.C=C.CCCCCCCCCCCCOS(=O)(=O)[O-].CCOCC.OCCO.[Na+]. The van der Waals surface area contributed by atoms with E-state index >= 15 is 0 Å². The van der Waals surface area contributed by atoms with Crippen molar-refractivity contribution < 1.29 is 61.7 Å². The van der Waals surface area contributed by atoms with Gasteiger partial charge in [0.2, 0.25) is 10.4 Å². The van der Waals surface area contributed by atoms with Gasteiger partial charge in [-0.15, -0.1) is 78.9 Å². The molecule has 0 aromatic carbocycles. The van der Waals surface area contributed by atoms with Crippen LogP contribution in [0.25, 0.3) is 0 Å². The molecule has 2 N–H and O–H groups in total. The van der Waals surface area contributed by atoms with Gasteiger partial charge in [0.05, 0.1) is 19.8 Å². The van der Waals surface area contributed by atoms with Crippen molar-refractivity contribution in [2.75, 3.05) is 33.0 Å². The number of rotatable bonds is 15. The van der Waals surface area contributed by atoms with Crippen LogP contribution in [0.1, 0.15) is 85.0 Å². The number of hydrogen-bond donors (Lipinski definition) is 2. The van der Waals surface area contributed by atoms with Crippen molar-refractivity contribution in [2.24, 2.45) is 0 Å². The van der Waals surface area contributed by atoms with Gasteiger partial charge in [-0.2, -0.15) is 0 Å². The normalized spacial score (nSPS) is 7.64. The Balaban J connectivity index is -0.0000000396. The summed E-state index contributed by atoms with van der Waals surface area (Å²) in [6.45, 7) is 43.7. The van der Waals surface area contributed by atoms with Crippen molar-refractivity contribution in [3.05, 3.63) is 78.9 Å². The van der Waals surface area contributed by atoms with Crippen LogP contribution in [0.15, 0.2) is 78.9 Å². The average molecular weight is 593 g/mol. The third kappa shape index (κ3) is 176. The Labute approximate surface area is 267 Å². The van der Waals surface area contributed by atoms with Gasteiger partial charge in [0.1, 0.15) is 0 Å². The smallest absolute Gasteiger partial charge is 0.726 e. The van der Waals surface area contributed by atoms with Gasteiger partial charge in [0, 0.05) is 13.2 Å². The summed E-state index contributed by atoms with van der Waals surface area (Å²) in [4.78, 5) is 0. The predicted octanol–water partition coefficient (Wildman–Crippen LogP) is 5.22. The summed E-state index contributed by atoms with van der Waals surface area (Å²) >= 11 is 0. The first-order valence-electron chi connectivity index (χ1n) is 12.8. The number of aliphatic hydroxyl groups excluding tert-OH is 2. The molecule has 0 saturated heterocycles. The molecule has 0 amide bonds. The molecule has 234 valence electrons. The molecule has 0 heterocycles. The molecule has 0 aromatic rings. The molecular weight excluding hydrogens is 527 g/mol. The molecule has 0 aliphatic rings. The standard InChI is InChI=1S/C12H26O4S.C4H10O.C2H6O2.6C2H4.Na/c1-2-3-4-5-6-7-8-9-10-11-12-16-17(13,14)15;1-3-5-4-2;3-1-2-4;6*1-2;/h2-12H2,1H3,(H,13,14,15);3-4H2,1-2H3;3-4H,1-2H2;6*1-2H2;/q;;;;;;;;;+1/p-1. The number of hydrogen-bond acceptors (Lipinski definition) is 7. The van der Waals surface area contributed by atoms with Crippen LogP contribution in [0.4, 0.5) is 0 Å². The van der Waals surface area contributed by atoms with Crippen LogP contribution in [-0.4, -0.2) is 56.2 Å². The Bertz CT molecular complexity index is 393. The molecule has 0 atom stereocenters. The van der Waals surface area contributed by atoms with Gasteiger partial charge in [-0.1, -0.05) is 64.7 Å². The van der Waals surface area contributed by atoms with E-state index in [1.807, 2.05) is 13.8 Å². The number of unbranched alkanes of at least 4 members (excludes halogenated alkanes) is 9. The van der Waals surface area contributed by atoms with Crippen LogP contribution in [0.5, 0.6) is 0 Å². The fraction of sp³-hybridized carbons (Fsp3) is 0.600. The van der Waals surface area contributed by atoms with Gasteiger partial charge in [-0.25, -0.2) is 8.42 Å². The molecule has 0 spiro atoms. The monoisotopic (exact) mass is 592 g/mol. The molecule has 7 nitrogen and oxygen atoms in total. The van der Waals surface area contributed by atoms with Crippen LogP contribution < -0.4 is 29.6 Å². The summed E-state index contributed by atoms with van der Waals surface area (Å²) < 4.78 is 39.3. The van der Waals surface area contributed by atoms with Gasteiger partial charge in [-0.05, 0) is 20.3 Å². The molecule has 0 fully saturated rings. The molecule has 0 aliphatic carbocycles. The van der Waals surface area contributed by atoms with E-state index in [2.05, 4.69) is 90.1 Å². The first-order valence-corrected chi connectivity index (χ1v) is 14.1. The Hall–Kier alpha value is -0.810. The van der Waals surface area contributed by atoms with Crippen molar-refractivity contribution in [1.82, 2.24) is 0 Å². The summed E-state index contributed by atoms with van der Waals surface area (Å²) in [5, 5.41) is 15.2. The number of aliphatic hydroxyl groups is 2. The van der Waals surface area contributed by atoms with E-state index in [0.29, 0.717) is 6.42 Å². The Morgan fingerprint density at radius 1 is 0.564 bits per heavy atom. The zero-order valence-corrected chi connectivity index (χ0v) is 29.3. The molecule has 0 aliphatic heterocycles. The Kier molecular flexibility index (Phi) is 169. The maximum atomic E-state index is 10.1. The predicted molar refractivity (Wildman–Crippen MR) is 171 cm³/mol. The van der Waals surface area contributed by atoms with Crippen LogP contribution in [0.2, 0.25) is 0 Å². The molecule has 0 aromatic heterocycles. The van der Waals surface area contributed by atoms with Crippen molar-refractivity contribution in [1.29, 1.82) is 0 Å². The van der Waals surface area contributed by atoms with E-state index < -0.39 is 10.4 Å². The maximum absolute atomic E-state index is 10.1. The molecule has 39 heavy (non-hydrogen) atoms. The van der Waals surface area contributed by atoms with E-state index in [0.717, 1.165) is 26.1 Å². The minimum Gasteiger partial charge on any atom is -0.726 e. The average Bonchev–Trinajstić information content (AvgIpc) is 2.98. The summed E-state index contributed by atoms with van der Waals surface area (Å²) in [6.07, 6.45) is 11.7. The van der Waals surface area contributed by atoms with E-state index in [4.69, 9.17) is 14.9 Å². The summed E-state index contributed by atoms with van der Waals surface area (Å²) in [5.74, 6) is 0. The first kappa shape index (κ1) is 66.5. The van der Waals surface area contributed by atoms with Crippen LogP contribution in [-0.2, 0) is 19.3 Å². The molecule has 0 bridgehead atoms. The maximum Gasteiger partial charge on any atom is 1.00 e. The third-order valence-corrected chi connectivity index (χ3v) is 3.69. The molecule has 9 heteroatoms. The molecule has 0 rings (SSSR count). The quantitative estimate of drug-likeness (QED) is 0.0881. The zero-order chi connectivity index (χ0) is 32.5. The minimum absolute atomic E-state index is 0. The zero-order valence-electron chi connectivity index (χ0n) is 26.4. The van der Waals surface area contributed by atoms with Gasteiger partial charge < -0.3 is 19.5 Å². The second-order valence-electron chi connectivity index (χ2n) is 5.64. The van der Waals surface area contributed by atoms with Gasteiger partial charge in [0.25, 0.3) is 0 Å². The van der Waals surface area contributed by atoms with Crippen LogP contribution in [0.3, 0.4) is 0 Å². The fourth-order valence-corrected chi connectivity index (χ4v) is 2.28. The molecule has 0 saturated carbocycles. The van der Waals surface area contributed by atoms with Crippen molar-refractivity contribution in [3.63, 3.8) is 0 Å². The number of ether oxygens (including phenoxy) is 1. The largest absolute Gasteiger partial charge is 1.00 e. The minimum atomic E-state index is -4.48. The molecular formula is C30H65NaO7S. The first-order chi connectivity index (χ1) is 18.4. The van der Waals surface area contributed by atoms with Gasteiger partial charge in [0.15, 0.2) is 0 Å². The molecule has 0 unspecified atom stereocenters. The second kappa shape index (κ2) is 98.9. The van der Waals surface area contributed by atoms with E-state index in [9.17, 15) is 13.0 Å².